The van der Waals surface area contributed by atoms with Gasteiger partial charge in [0.2, 0.25) is 0 Å². The van der Waals surface area contributed by atoms with Crippen molar-refractivity contribution < 1.29 is 4.79 Å². The minimum absolute atomic E-state index is 0.0546. The molecule has 31 heavy (non-hydrogen) atoms. The largest absolute Gasteiger partial charge is 0.293 e. The molecule has 4 aromatic rings. The van der Waals surface area contributed by atoms with Crippen LogP contribution in [0.4, 0.5) is 0 Å². The summed E-state index contributed by atoms with van der Waals surface area (Å²) in [7, 11) is 0. The zero-order valence-electron chi connectivity index (χ0n) is 15.9. The predicted molar refractivity (Wildman–Crippen MR) is 124 cm³/mol. The van der Waals surface area contributed by atoms with E-state index in [0.29, 0.717) is 42.9 Å². The van der Waals surface area contributed by atoms with Crippen LogP contribution in [-0.4, -0.2) is 21.1 Å². The summed E-state index contributed by atoms with van der Waals surface area (Å²) in [6, 6.07) is 20.4. The van der Waals surface area contributed by atoms with Gasteiger partial charge in [0.15, 0.2) is 10.9 Å². The molecule has 0 aliphatic heterocycles. The van der Waals surface area contributed by atoms with Gasteiger partial charge in [0.05, 0.1) is 44.0 Å². The van der Waals surface area contributed by atoms with E-state index in [1.807, 2.05) is 0 Å². The number of para-hydroxylation sites is 1. The molecule has 0 saturated carbocycles. The fourth-order valence-electron chi connectivity index (χ4n) is 3.00. The van der Waals surface area contributed by atoms with Gasteiger partial charge in [0, 0.05) is 5.56 Å². The molecule has 8 heteroatoms. The van der Waals surface area contributed by atoms with Crippen LogP contribution >= 0.6 is 35.0 Å². The van der Waals surface area contributed by atoms with Gasteiger partial charge in [0.1, 0.15) is 0 Å². The van der Waals surface area contributed by atoms with E-state index in [1.54, 1.807) is 60.7 Å². The lowest BCUT2D eigenvalue weighted by Gasteiger charge is -2.13. The molecule has 5 nitrogen and oxygen atoms in total. The molecule has 0 atom stereocenters. The number of hydrogen-bond acceptors (Lipinski definition) is 5. The molecule has 0 N–H and O–H groups in total. The molecule has 0 spiro atoms. The minimum atomic E-state index is -0.250. The van der Waals surface area contributed by atoms with Gasteiger partial charge in [-0.1, -0.05) is 47.1 Å². The number of carbonyl (C=O) groups excluding carboxylic acids is 1. The SMILES string of the molecule is N#Cc1ccc(-n2c(SCC(=O)c3ccc(Cl)c(Cl)c3)nc3ccccc3c2=O)cc1. The Morgan fingerprint density at radius 3 is 2.48 bits per heavy atom. The monoisotopic (exact) mass is 465 g/mol. The molecule has 1 aromatic heterocycles. The predicted octanol–water partition coefficient (Wildman–Crippen LogP) is 5.54. The third kappa shape index (κ3) is 4.35. The number of Topliss-reactive ketones (excluding diaryl/α,β-unsaturated/α-hetero) is 1. The summed E-state index contributed by atoms with van der Waals surface area (Å²) in [6.45, 7) is 0. The van der Waals surface area contributed by atoms with E-state index in [0.717, 1.165) is 11.8 Å². The Bertz CT molecular complexity index is 1410. The Morgan fingerprint density at radius 2 is 1.77 bits per heavy atom. The molecule has 4 rings (SSSR count). The average Bonchev–Trinajstić information content (AvgIpc) is 2.79. The first kappa shape index (κ1) is 21.1. The number of nitrogens with zero attached hydrogens (tertiary/aromatic N) is 3. The van der Waals surface area contributed by atoms with Gasteiger partial charge in [-0.05, 0) is 54.6 Å². The van der Waals surface area contributed by atoms with E-state index in [1.165, 1.54) is 10.6 Å². The Hall–Kier alpha value is -3.11. The van der Waals surface area contributed by atoms with Crippen molar-refractivity contribution in [2.24, 2.45) is 0 Å². The van der Waals surface area contributed by atoms with Crippen molar-refractivity contribution in [3.63, 3.8) is 0 Å². The molecule has 3 aromatic carbocycles. The molecular formula is C23H13Cl2N3O2S. The highest BCUT2D eigenvalue weighted by atomic mass is 35.5. The molecule has 0 saturated heterocycles. The van der Waals surface area contributed by atoms with Gasteiger partial charge in [-0.25, -0.2) is 4.98 Å². The summed E-state index contributed by atoms with van der Waals surface area (Å²) in [5.74, 6) is -0.115. The third-order valence-electron chi connectivity index (χ3n) is 4.57. The van der Waals surface area contributed by atoms with Crippen LogP contribution in [0.2, 0.25) is 10.0 Å². The van der Waals surface area contributed by atoms with Crippen molar-refractivity contribution in [2.75, 3.05) is 5.75 Å². The molecule has 0 aliphatic carbocycles. The van der Waals surface area contributed by atoms with Crippen molar-refractivity contribution in [1.29, 1.82) is 5.26 Å². The van der Waals surface area contributed by atoms with Crippen LogP contribution in [0.15, 0.2) is 76.7 Å². The fraction of sp³-hybridized carbons (Fsp3) is 0.0435. The molecule has 0 fully saturated rings. The summed E-state index contributed by atoms with van der Waals surface area (Å²) in [5, 5.41) is 10.6. The van der Waals surface area contributed by atoms with Crippen LogP contribution in [0.1, 0.15) is 15.9 Å². The van der Waals surface area contributed by atoms with Crippen LogP contribution in [0, 0.1) is 11.3 Å². The van der Waals surface area contributed by atoms with Gasteiger partial charge in [-0.2, -0.15) is 5.26 Å². The van der Waals surface area contributed by atoms with E-state index < -0.39 is 0 Å². The van der Waals surface area contributed by atoms with Gasteiger partial charge >= 0.3 is 0 Å². The van der Waals surface area contributed by atoms with Crippen molar-refractivity contribution in [2.45, 2.75) is 5.16 Å². The number of thioether (sulfide) groups is 1. The van der Waals surface area contributed by atoms with Crippen molar-refractivity contribution in [1.82, 2.24) is 9.55 Å². The second-order valence-corrected chi connectivity index (χ2v) is 8.31. The average molecular weight is 466 g/mol. The van der Waals surface area contributed by atoms with Crippen molar-refractivity contribution in [3.05, 3.63) is 98.3 Å². The number of ketones is 1. The second-order valence-electron chi connectivity index (χ2n) is 6.55. The number of carbonyl (C=O) groups is 1. The van der Waals surface area contributed by atoms with E-state index in [-0.39, 0.29) is 17.1 Å². The maximum atomic E-state index is 13.2. The van der Waals surface area contributed by atoms with Gasteiger partial charge in [-0.3, -0.25) is 14.2 Å². The van der Waals surface area contributed by atoms with E-state index >= 15 is 0 Å². The number of rotatable bonds is 5. The van der Waals surface area contributed by atoms with E-state index in [4.69, 9.17) is 28.5 Å². The molecule has 1 heterocycles. The maximum absolute atomic E-state index is 13.2. The fourth-order valence-corrected chi connectivity index (χ4v) is 4.21. The summed E-state index contributed by atoms with van der Waals surface area (Å²) >= 11 is 13.1. The van der Waals surface area contributed by atoms with Crippen LogP contribution in [-0.2, 0) is 0 Å². The first-order valence-corrected chi connectivity index (χ1v) is 10.9. The lowest BCUT2D eigenvalue weighted by molar-refractivity contribution is 0.102. The molecule has 0 aliphatic rings. The van der Waals surface area contributed by atoms with Gasteiger partial charge in [-0.15, -0.1) is 0 Å². The number of aromatic nitrogens is 2. The van der Waals surface area contributed by atoms with Crippen LogP contribution < -0.4 is 5.56 Å². The lowest BCUT2D eigenvalue weighted by Crippen LogP contribution is -2.22. The van der Waals surface area contributed by atoms with E-state index in [9.17, 15) is 9.59 Å². The van der Waals surface area contributed by atoms with Crippen molar-refractivity contribution in [3.8, 4) is 11.8 Å². The Labute approximate surface area is 191 Å². The Kier molecular flexibility index (Phi) is 6.10. The molecule has 0 radical (unpaired) electrons. The molecule has 152 valence electrons. The van der Waals surface area contributed by atoms with Crippen LogP contribution in [0.3, 0.4) is 0 Å². The smallest absolute Gasteiger partial charge is 0.266 e. The van der Waals surface area contributed by atoms with Crippen molar-refractivity contribution >= 4 is 51.6 Å². The normalized spacial score (nSPS) is 10.7. The van der Waals surface area contributed by atoms with E-state index in [2.05, 4.69) is 11.1 Å². The van der Waals surface area contributed by atoms with Gasteiger partial charge < -0.3 is 0 Å². The molecular weight excluding hydrogens is 453 g/mol. The zero-order chi connectivity index (χ0) is 22.0. The first-order valence-electron chi connectivity index (χ1n) is 9.11. The molecule has 0 bridgehead atoms. The highest BCUT2D eigenvalue weighted by Crippen LogP contribution is 2.25. The number of hydrogen-bond donors (Lipinski definition) is 0. The Morgan fingerprint density at radius 1 is 1.03 bits per heavy atom. The standard InChI is InChI=1S/C23H13Cl2N3O2S/c24-18-10-7-15(11-19(18)25)21(29)13-31-23-27-20-4-2-1-3-17(20)22(30)28(23)16-8-5-14(12-26)6-9-16/h1-11H,13H2. The lowest BCUT2D eigenvalue weighted by atomic mass is 10.1. The molecule has 0 amide bonds. The highest BCUT2D eigenvalue weighted by molar-refractivity contribution is 7.99. The first-order chi connectivity index (χ1) is 15.0. The highest BCUT2D eigenvalue weighted by Gasteiger charge is 2.16. The number of fused-ring (bicyclic) bond motifs is 1. The van der Waals surface area contributed by atoms with Crippen LogP contribution in [0.5, 0.6) is 0 Å². The maximum Gasteiger partial charge on any atom is 0.266 e. The summed E-state index contributed by atoms with van der Waals surface area (Å²) < 4.78 is 1.45. The molecule has 0 unspecified atom stereocenters. The number of halogens is 2. The Balaban J connectivity index is 1.75. The van der Waals surface area contributed by atoms with Crippen LogP contribution in [0.25, 0.3) is 16.6 Å². The summed E-state index contributed by atoms with van der Waals surface area (Å²) in [6.07, 6.45) is 0. The second kappa shape index (κ2) is 8.94. The minimum Gasteiger partial charge on any atom is -0.293 e. The third-order valence-corrected chi connectivity index (χ3v) is 6.25. The summed E-state index contributed by atoms with van der Waals surface area (Å²) in [5.41, 5.74) is 1.76. The van der Waals surface area contributed by atoms with Gasteiger partial charge in [0.25, 0.3) is 5.56 Å². The number of nitriles is 1. The quantitative estimate of drug-likeness (QED) is 0.219. The summed E-state index contributed by atoms with van der Waals surface area (Å²) in [4.78, 5) is 30.5. The topological polar surface area (TPSA) is 75.8 Å². The number of benzene rings is 3. The zero-order valence-corrected chi connectivity index (χ0v) is 18.2.